The Morgan fingerprint density at radius 3 is 1.74 bits per heavy atom. The van der Waals surface area contributed by atoms with Crippen LogP contribution in [0, 0.1) is 17.8 Å². The third-order valence-electron chi connectivity index (χ3n) is 6.24. The molecule has 0 spiro atoms. The Morgan fingerprint density at radius 2 is 1.23 bits per heavy atom. The Morgan fingerprint density at radius 1 is 0.742 bits per heavy atom. The molecule has 31 heavy (non-hydrogen) atoms. The van der Waals surface area contributed by atoms with Crippen LogP contribution in [0.15, 0.2) is 91.0 Å². The summed E-state index contributed by atoms with van der Waals surface area (Å²) in [6.45, 7) is 2.28. The van der Waals surface area contributed by atoms with Gasteiger partial charge in [-0.05, 0) is 29.5 Å². The SMILES string of the molecule is O[C@](C#CCN(Cc1ccccc1)Cc1ccccc1)(c1ccccc1)C1CCCC1. The minimum absolute atomic E-state index is 0.207. The van der Waals surface area contributed by atoms with Gasteiger partial charge in [-0.2, -0.15) is 0 Å². The molecule has 0 unspecified atom stereocenters. The standard InChI is InChI=1S/C29H31NO/c31-29(28-19-10-11-20-28,27-17-8-3-9-18-27)21-12-22-30(23-25-13-4-1-5-14-25)24-26-15-6-2-7-16-26/h1-9,13-18,28,31H,10-11,19-20,22-24H2/t29-/m1/s1. The second kappa shape index (κ2) is 10.4. The summed E-state index contributed by atoms with van der Waals surface area (Å²) in [7, 11) is 0. The average Bonchev–Trinajstić information content (AvgIpc) is 3.37. The third kappa shape index (κ3) is 5.64. The summed E-state index contributed by atoms with van der Waals surface area (Å²) in [6, 6.07) is 31.0. The fourth-order valence-electron chi connectivity index (χ4n) is 4.58. The van der Waals surface area contributed by atoms with Gasteiger partial charge in [-0.25, -0.2) is 0 Å². The van der Waals surface area contributed by atoms with Crippen molar-refractivity contribution in [1.82, 2.24) is 4.90 Å². The molecule has 3 aromatic rings. The van der Waals surface area contributed by atoms with E-state index in [2.05, 4.69) is 65.3 Å². The van der Waals surface area contributed by atoms with Crippen LogP contribution in [0.3, 0.4) is 0 Å². The number of hydrogen-bond acceptors (Lipinski definition) is 2. The van der Waals surface area contributed by atoms with Crippen LogP contribution in [0.25, 0.3) is 0 Å². The summed E-state index contributed by atoms with van der Waals surface area (Å²) in [4.78, 5) is 2.34. The highest BCUT2D eigenvalue weighted by atomic mass is 16.3. The molecule has 1 saturated carbocycles. The molecule has 0 heterocycles. The summed E-state index contributed by atoms with van der Waals surface area (Å²) in [5.41, 5.74) is 2.40. The van der Waals surface area contributed by atoms with Gasteiger partial charge >= 0.3 is 0 Å². The van der Waals surface area contributed by atoms with Crippen LogP contribution in [0.1, 0.15) is 42.4 Å². The zero-order valence-corrected chi connectivity index (χ0v) is 18.1. The van der Waals surface area contributed by atoms with Crippen LogP contribution >= 0.6 is 0 Å². The van der Waals surface area contributed by atoms with E-state index in [1.807, 2.05) is 42.5 Å². The topological polar surface area (TPSA) is 23.5 Å². The van der Waals surface area contributed by atoms with Crippen LogP contribution in [0.4, 0.5) is 0 Å². The minimum Gasteiger partial charge on any atom is -0.373 e. The number of hydrogen-bond donors (Lipinski definition) is 1. The van der Waals surface area contributed by atoms with Crippen molar-refractivity contribution in [3.05, 3.63) is 108 Å². The third-order valence-corrected chi connectivity index (χ3v) is 6.24. The van der Waals surface area contributed by atoms with E-state index in [0.29, 0.717) is 6.54 Å². The molecule has 158 valence electrons. The van der Waals surface area contributed by atoms with E-state index in [9.17, 15) is 5.11 Å². The van der Waals surface area contributed by atoms with Gasteiger partial charge in [-0.15, -0.1) is 0 Å². The van der Waals surface area contributed by atoms with Gasteiger partial charge in [0.2, 0.25) is 0 Å². The van der Waals surface area contributed by atoms with Crippen LogP contribution < -0.4 is 0 Å². The Balaban J connectivity index is 1.56. The average molecular weight is 410 g/mol. The van der Waals surface area contributed by atoms with Crippen molar-refractivity contribution in [2.45, 2.75) is 44.4 Å². The lowest BCUT2D eigenvalue weighted by molar-refractivity contribution is 0.0367. The van der Waals surface area contributed by atoms with E-state index < -0.39 is 5.60 Å². The smallest absolute Gasteiger partial charge is 0.153 e. The Labute approximate surface area is 186 Å². The van der Waals surface area contributed by atoms with E-state index in [1.54, 1.807) is 0 Å². The molecule has 0 aliphatic heterocycles. The predicted molar refractivity (Wildman–Crippen MR) is 127 cm³/mol. The molecule has 0 radical (unpaired) electrons. The van der Waals surface area contributed by atoms with Crippen molar-refractivity contribution in [1.29, 1.82) is 0 Å². The molecule has 2 nitrogen and oxygen atoms in total. The summed E-state index contributed by atoms with van der Waals surface area (Å²) in [5, 5.41) is 11.7. The van der Waals surface area contributed by atoms with E-state index in [-0.39, 0.29) is 5.92 Å². The van der Waals surface area contributed by atoms with E-state index >= 15 is 0 Å². The quantitative estimate of drug-likeness (QED) is 0.501. The van der Waals surface area contributed by atoms with Crippen molar-refractivity contribution in [2.75, 3.05) is 6.54 Å². The lowest BCUT2D eigenvalue weighted by Crippen LogP contribution is -2.32. The molecule has 0 aromatic heterocycles. The van der Waals surface area contributed by atoms with Gasteiger partial charge in [0.1, 0.15) is 0 Å². The van der Waals surface area contributed by atoms with Gasteiger partial charge in [0.05, 0.1) is 6.54 Å². The summed E-state index contributed by atoms with van der Waals surface area (Å²) in [5.74, 6) is 6.90. The van der Waals surface area contributed by atoms with Gasteiger partial charge < -0.3 is 5.11 Å². The fraction of sp³-hybridized carbons (Fsp3) is 0.310. The minimum atomic E-state index is -1.07. The molecule has 4 rings (SSSR count). The molecule has 1 N–H and O–H groups in total. The molecule has 1 fully saturated rings. The maximum absolute atomic E-state index is 11.7. The normalized spacial score (nSPS) is 15.9. The molecule has 1 aliphatic carbocycles. The molecular formula is C29H31NO. The first-order valence-electron chi connectivity index (χ1n) is 11.3. The van der Waals surface area contributed by atoms with Crippen LogP contribution in [-0.2, 0) is 18.7 Å². The van der Waals surface area contributed by atoms with Gasteiger partial charge in [0.25, 0.3) is 0 Å². The van der Waals surface area contributed by atoms with E-state index in [4.69, 9.17) is 0 Å². The summed E-state index contributed by atoms with van der Waals surface area (Å²) < 4.78 is 0. The Kier molecular flexibility index (Phi) is 7.20. The highest BCUT2D eigenvalue weighted by Gasteiger charge is 2.38. The van der Waals surface area contributed by atoms with Gasteiger partial charge in [0.15, 0.2) is 5.60 Å². The summed E-state index contributed by atoms with van der Waals surface area (Å²) in [6.07, 6.45) is 4.43. The van der Waals surface area contributed by atoms with Crippen molar-refractivity contribution < 1.29 is 5.11 Å². The lowest BCUT2D eigenvalue weighted by atomic mass is 9.80. The number of benzene rings is 3. The second-order valence-corrected chi connectivity index (χ2v) is 8.53. The number of rotatable bonds is 7. The number of aliphatic hydroxyl groups is 1. The maximum Gasteiger partial charge on any atom is 0.153 e. The zero-order chi connectivity index (χ0) is 21.4. The molecule has 0 bridgehead atoms. The monoisotopic (exact) mass is 409 g/mol. The molecular weight excluding hydrogens is 378 g/mol. The first-order chi connectivity index (χ1) is 15.2. The highest BCUT2D eigenvalue weighted by molar-refractivity contribution is 5.33. The molecule has 3 aromatic carbocycles. The van der Waals surface area contributed by atoms with E-state index in [1.165, 1.54) is 24.0 Å². The van der Waals surface area contributed by atoms with Gasteiger partial charge in [-0.3, -0.25) is 4.90 Å². The number of nitrogens with zero attached hydrogens (tertiary/aromatic N) is 1. The first-order valence-corrected chi connectivity index (χ1v) is 11.3. The summed E-state index contributed by atoms with van der Waals surface area (Å²) >= 11 is 0. The molecule has 1 aliphatic rings. The van der Waals surface area contributed by atoms with Crippen LogP contribution in [0.2, 0.25) is 0 Å². The van der Waals surface area contributed by atoms with Crippen molar-refractivity contribution in [3.8, 4) is 11.8 Å². The lowest BCUT2D eigenvalue weighted by Gasteiger charge is -2.30. The van der Waals surface area contributed by atoms with E-state index in [0.717, 1.165) is 31.5 Å². The maximum atomic E-state index is 11.7. The predicted octanol–water partition coefficient (Wildman–Crippen LogP) is 5.77. The Hall–Kier alpha value is -2.86. The van der Waals surface area contributed by atoms with Crippen molar-refractivity contribution >= 4 is 0 Å². The fourth-order valence-corrected chi connectivity index (χ4v) is 4.58. The highest BCUT2D eigenvalue weighted by Crippen LogP contribution is 2.40. The van der Waals surface area contributed by atoms with Gasteiger partial charge in [-0.1, -0.05) is 116 Å². The molecule has 0 amide bonds. The van der Waals surface area contributed by atoms with Crippen LogP contribution in [0.5, 0.6) is 0 Å². The first kappa shape index (κ1) is 21.4. The molecule has 2 heteroatoms. The van der Waals surface area contributed by atoms with Crippen LogP contribution in [-0.4, -0.2) is 16.6 Å². The Bertz CT molecular complexity index is 943. The van der Waals surface area contributed by atoms with Crippen molar-refractivity contribution in [2.24, 2.45) is 5.92 Å². The largest absolute Gasteiger partial charge is 0.373 e. The second-order valence-electron chi connectivity index (χ2n) is 8.53. The van der Waals surface area contributed by atoms with Gasteiger partial charge in [0, 0.05) is 19.0 Å². The molecule has 1 atom stereocenters. The zero-order valence-electron chi connectivity index (χ0n) is 18.1. The van der Waals surface area contributed by atoms with Crippen molar-refractivity contribution in [3.63, 3.8) is 0 Å². The molecule has 0 saturated heterocycles.